The maximum absolute atomic E-state index is 11.4. The van der Waals surface area contributed by atoms with Gasteiger partial charge in [0.25, 0.3) is 0 Å². The van der Waals surface area contributed by atoms with Gasteiger partial charge in [0.15, 0.2) is 5.78 Å². The molecule has 0 spiro atoms. The van der Waals surface area contributed by atoms with E-state index in [4.69, 9.17) is 23.2 Å². The second kappa shape index (κ2) is 5.50. The monoisotopic (exact) mass is 246 g/mol. The smallest absolute Gasteiger partial charge is 0.165 e. The van der Waals surface area contributed by atoms with Gasteiger partial charge in [0.2, 0.25) is 0 Å². The molecule has 1 rings (SSSR count). The number of aliphatic hydroxyl groups excluding tert-OH is 1. The van der Waals surface area contributed by atoms with Crippen molar-refractivity contribution in [3.05, 3.63) is 33.8 Å². The summed E-state index contributed by atoms with van der Waals surface area (Å²) in [5, 5.41) is 10.3. The van der Waals surface area contributed by atoms with Crippen LogP contribution in [0.15, 0.2) is 18.2 Å². The molecule has 1 unspecified atom stereocenters. The highest BCUT2D eigenvalue weighted by Crippen LogP contribution is 2.21. The highest BCUT2D eigenvalue weighted by molar-refractivity contribution is 6.35. The summed E-state index contributed by atoms with van der Waals surface area (Å²) in [5.41, 5.74) is 0.693. The fourth-order valence-electron chi connectivity index (χ4n) is 1.20. The molecule has 0 aliphatic carbocycles. The van der Waals surface area contributed by atoms with E-state index in [1.54, 1.807) is 25.1 Å². The largest absolute Gasteiger partial charge is 0.385 e. The Kier molecular flexibility index (Phi) is 4.58. The van der Waals surface area contributed by atoms with Gasteiger partial charge in [-0.05, 0) is 24.1 Å². The van der Waals surface area contributed by atoms with Crippen molar-refractivity contribution in [1.29, 1.82) is 0 Å². The lowest BCUT2D eigenvalue weighted by Gasteiger charge is -2.07. The van der Waals surface area contributed by atoms with E-state index in [0.717, 1.165) is 0 Å². The van der Waals surface area contributed by atoms with Crippen molar-refractivity contribution >= 4 is 29.0 Å². The zero-order valence-electron chi connectivity index (χ0n) is 8.34. The lowest BCUT2D eigenvalue weighted by atomic mass is 10.0. The number of aliphatic hydroxyl groups is 1. The maximum atomic E-state index is 11.4. The lowest BCUT2D eigenvalue weighted by molar-refractivity contribution is -0.126. The van der Waals surface area contributed by atoms with Gasteiger partial charge in [-0.2, -0.15) is 0 Å². The van der Waals surface area contributed by atoms with Crippen molar-refractivity contribution in [3.63, 3.8) is 0 Å². The predicted octanol–water partition coefficient (Wildman–Crippen LogP) is 2.88. The number of Topliss-reactive ketones (excluding diaryl/α,β-unsaturated/α-hetero) is 1. The molecular weight excluding hydrogens is 235 g/mol. The molecule has 2 nitrogen and oxygen atoms in total. The third-order valence-corrected chi connectivity index (χ3v) is 2.73. The average molecular weight is 247 g/mol. The van der Waals surface area contributed by atoms with Crippen LogP contribution in [-0.4, -0.2) is 17.0 Å². The van der Waals surface area contributed by atoms with Crippen molar-refractivity contribution in [1.82, 2.24) is 0 Å². The summed E-state index contributed by atoms with van der Waals surface area (Å²) in [5.74, 6) is -0.221. The van der Waals surface area contributed by atoms with Gasteiger partial charge in [-0.3, -0.25) is 4.79 Å². The van der Waals surface area contributed by atoms with Gasteiger partial charge >= 0.3 is 0 Å². The van der Waals surface area contributed by atoms with Gasteiger partial charge in [0.1, 0.15) is 6.10 Å². The number of ketones is 1. The van der Waals surface area contributed by atoms with E-state index in [2.05, 4.69) is 0 Å². The molecule has 0 radical (unpaired) electrons. The van der Waals surface area contributed by atoms with Crippen LogP contribution in [0.2, 0.25) is 10.0 Å². The SMILES string of the molecule is CCC(O)C(=O)Cc1ccc(Cl)cc1Cl. The maximum Gasteiger partial charge on any atom is 0.165 e. The third kappa shape index (κ3) is 3.49. The second-order valence-electron chi connectivity index (χ2n) is 3.30. The zero-order valence-corrected chi connectivity index (χ0v) is 9.85. The van der Waals surface area contributed by atoms with Crippen molar-refractivity contribution in [2.45, 2.75) is 25.9 Å². The Morgan fingerprint density at radius 3 is 2.67 bits per heavy atom. The minimum absolute atomic E-state index is 0.144. The Morgan fingerprint density at radius 1 is 1.47 bits per heavy atom. The summed E-state index contributed by atoms with van der Waals surface area (Å²) in [6.07, 6.45) is -0.341. The van der Waals surface area contributed by atoms with Crippen LogP contribution in [0.4, 0.5) is 0 Å². The van der Waals surface area contributed by atoms with Crippen LogP contribution in [0, 0.1) is 0 Å². The highest BCUT2D eigenvalue weighted by Gasteiger charge is 2.14. The van der Waals surface area contributed by atoms with Gasteiger partial charge in [0.05, 0.1) is 0 Å². The molecule has 0 aromatic heterocycles. The third-order valence-electron chi connectivity index (χ3n) is 2.14. The number of hydrogen-bond donors (Lipinski definition) is 1. The van der Waals surface area contributed by atoms with Gasteiger partial charge in [0, 0.05) is 16.5 Å². The second-order valence-corrected chi connectivity index (χ2v) is 4.15. The molecule has 0 saturated carbocycles. The molecule has 1 N–H and O–H groups in total. The fraction of sp³-hybridized carbons (Fsp3) is 0.364. The van der Waals surface area contributed by atoms with Gasteiger partial charge in [-0.25, -0.2) is 0 Å². The lowest BCUT2D eigenvalue weighted by Crippen LogP contribution is -2.21. The normalized spacial score (nSPS) is 12.5. The summed E-state index contributed by atoms with van der Waals surface area (Å²) in [7, 11) is 0. The van der Waals surface area contributed by atoms with Crippen LogP contribution in [-0.2, 0) is 11.2 Å². The first-order valence-electron chi connectivity index (χ1n) is 4.69. The quantitative estimate of drug-likeness (QED) is 0.888. The number of rotatable bonds is 4. The summed E-state index contributed by atoms with van der Waals surface area (Å²) >= 11 is 11.6. The molecule has 0 aliphatic rings. The molecule has 15 heavy (non-hydrogen) atoms. The minimum Gasteiger partial charge on any atom is -0.385 e. The first-order chi connectivity index (χ1) is 7.04. The van der Waals surface area contributed by atoms with E-state index in [9.17, 15) is 9.90 Å². The van der Waals surface area contributed by atoms with Gasteiger partial charge in [-0.1, -0.05) is 36.2 Å². The van der Waals surface area contributed by atoms with Crippen molar-refractivity contribution in [2.75, 3.05) is 0 Å². The van der Waals surface area contributed by atoms with Crippen LogP contribution in [0.25, 0.3) is 0 Å². The molecule has 0 aliphatic heterocycles. The molecule has 1 atom stereocenters. The predicted molar refractivity (Wildman–Crippen MR) is 61.5 cm³/mol. The summed E-state index contributed by atoms with van der Waals surface area (Å²) in [4.78, 5) is 11.4. The highest BCUT2D eigenvalue weighted by atomic mass is 35.5. The minimum atomic E-state index is -0.906. The Bertz CT molecular complexity index is 364. The number of hydrogen-bond acceptors (Lipinski definition) is 2. The van der Waals surface area contributed by atoms with E-state index < -0.39 is 6.10 Å². The Balaban J connectivity index is 2.77. The molecule has 1 aromatic carbocycles. The number of carbonyl (C=O) groups is 1. The number of carbonyl (C=O) groups excluding carboxylic acids is 1. The zero-order chi connectivity index (χ0) is 11.4. The van der Waals surface area contributed by atoms with Crippen LogP contribution in [0.3, 0.4) is 0 Å². The molecule has 0 fully saturated rings. The van der Waals surface area contributed by atoms with E-state index in [1.807, 2.05) is 0 Å². The molecule has 0 amide bonds. The first kappa shape index (κ1) is 12.5. The van der Waals surface area contributed by atoms with E-state index in [1.165, 1.54) is 0 Å². The molecule has 0 saturated heterocycles. The van der Waals surface area contributed by atoms with Crippen LogP contribution in [0.5, 0.6) is 0 Å². The molecule has 4 heteroatoms. The van der Waals surface area contributed by atoms with Gasteiger partial charge in [-0.15, -0.1) is 0 Å². The number of halogens is 2. The van der Waals surface area contributed by atoms with Crippen LogP contribution >= 0.6 is 23.2 Å². The van der Waals surface area contributed by atoms with E-state index in [-0.39, 0.29) is 12.2 Å². The Labute approximate surface area is 98.8 Å². The van der Waals surface area contributed by atoms with Gasteiger partial charge < -0.3 is 5.11 Å². The summed E-state index contributed by atoms with van der Waals surface area (Å²) in [6.45, 7) is 1.76. The van der Waals surface area contributed by atoms with Crippen LogP contribution in [0.1, 0.15) is 18.9 Å². The molecule has 82 valence electrons. The molecular formula is C11H12Cl2O2. The van der Waals surface area contributed by atoms with Crippen molar-refractivity contribution in [3.8, 4) is 0 Å². The molecule has 0 bridgehead atoms. The Hall–Kier alpha value is -0.570. The van der Waals surface area contributed by atoms with E-state index >= 15 is 0 Å². The van der Waals surface area contributed by atoms with Crippen molar-refractivity contribution in [2.24, 2.45) is 0 Å². The van der Waals surface area contributed by atoms with Crippen molar-refractivity contribution < 1.29 is 9.90 Å². The summed E-state index contributed by atoms with van der Waals surface area (Å²) in [6, 6.07) is 4.96. The number of benzene rings is 1. The fourth-order valence-corrected chi connectivity index (χ4v) is 1.67. The average Bonchev–Trinajstić information content (AvgIpc) is 2.20. The van der Waals surface area contributed by atoms with E-state index in [0.29, 0.717) is 22.0 Å². The topological polar surface area (TPSA) is 37.3 Å². The molecule has 1 aromatic rings. The molecule has 0 heterocycles. The Morgan fingerprint density at radius 2 is 2.13 bits per heavy atom. The first-order valence-corrected chi connectivity index (χ1v) is 5.45. The van der Waals surface area contributed by atoms with Crippen LogP contribution < -0.4 is 0 Å². The standard InChI is InChI=1S/C11H12Cl2O2/c1-2-10(14)11(15)5-7-3-4-8(12)6-9(7)13/h3-4,6,10,14H,2,5H2,1H3. The summed E-state index contributed by atoms with van der Waals surface area (Å²) < 4.78 is 0.